The van der Waals surface area contributed by atoms with E-state index in [4.69, 9.17) is 4.74 Å². The lowest BCUT2D eigenvalue weighted by molar-refractivity contribution is -0.136. The number of sulfonamides is 1. The largest absolute Gasteiger partial charge is 0.491 e. The van der Waals surface area contributed by atoms with Crippen LogP contribution in [0.1, 0.15) is 32.4 Å². The van der Waals surface area contributed by atoms with Gasteiger partial charge < -0.3 is 14.4 Å². The lowest BCUT2D eigenvalue weighted by Crippen LogP contribution is -2.29. The van der Waals surface area contributed by atoms with Crippen LogP contribution in [0, 0.1) is 5.92 Å². The number of nitrogens with zero attached hydrogens (tertiary/aromatic N) is 2. The highest BCUT2D eigenvalue weighted by molar-refractivity contribution is 7.89. The Morgan fingerprint density at radius 3 is 2.47 bits per heavy atom. The van der Waals surface area contributed by atoms with Crippen molar-refractivity contribution in [3.05, 3.63) is 60.3 Å². The number of carbonyl (C=O) groups is 1. The number of carboxylic acids is 1. The molecule has 0 spiro atoms. The minimum atomic E-state index is -3.65. The first-order chi connectivity index (χ1) is 15.2. The van der Waals surface area contributed by atoms with Crippen molar-refractivity contribution in [1.29, 1.82) is 0 Å². The maximum absolute atomic E-state index is 13.3. The second-order valence-corrected chi connectivity index (χ2v) is 10.6. The molecule has 1 aromatic heterocycles. The van der Waals surface area contributed by atoms with Gasteiger partial charge in [0.2, 0.25) is 10.0 Å². The van der Waals surface area contributed by atoms with Crippen molar-refractivity contribution in [3.8, 4) is 5.75 Å². The van der Waals surface area contributed by atoms with Crippen LogP contribution in [0.25, 0.3) is 10.9 Å². The van der Waals surface area contributed by atoms with Crippen LogP contribution in [0.5, 0.6) is 5.75 Å². The van der Waals surface area contributed by atoms with E-state index < -0.39 is 16.0 Å². The first-order valence-corrected chi connectivity index (χ1v) is 12.2. The molecule has 2 aromatic carbocycles. The number of hydrogen-bond acceptors (Lipinski definition) is 4. The second-order valence-electron chi connectivity index (χ2n) is 8.65. The number of benzene rings is 2. The number of ether oxygens (including phenoxy) is 1. The van der Waals surface area contributed by atoms with Crippen LogP contribution in [0.3, 0.4) is 0 Å². The van der Waals surface area contributed by atoms with E-state index in [0.717, 1.165) is 16.5 Å². The molecule has 0 unspecified atom stereocenters. The molecule has 1 aliphatic rings. The van der Waals surface area contributed by atoms with Crippen molar-refractivity contribution >= 4 is 26.9 Å². The second kappa shape index (κ2) is 8.60. The maximum atomic E-state index is 13.3. The zero-order valence-corrected chi connectivity index (χ0v) is 19.2. The Morgan fingerprint density at radius 1 is 1.12 bits per heavy atom. The number of hydrogen-bond donors (Lipinski definition) is 1. The summed E-state index contributed by atoms with van der Waals surface area (Å²) in [6.07, 6.45) is 1.82. The van der Waals surface area contributed by atoms with Gasteiger partial charge in [-0.2, -0.15) is 4.31 Å². The normalized spacial score (nSPS) is 19.6. The zero-order chi connectivity index (χ0) is 23.0. The topological polar surface area (TPSA) is 88.8 Å². The first kappa shape index (κ1) is 22.4. The molecule has 0 radical (unpaired) electrons. The Kier molecular flexibility index (Phi) is 6.01. The number of aromatic nitrogens is 1. The summed E-state index contributed by atoms with van der Waals surface area (Å²) in [6.45, 7) is 6.61. The van der Waals surface area contributed by atoms with E-state index >= 15 is 0 Å². The molecule has 32 heavy (non-hydrogen) atoms. The molecule has 2 heterocycles. The first-order valence-electron chi connectivity index (χ1n) is 10.7. The van der Waals surface area contributed by atoms with Crippen LogP contribution in [0.15, 0.2) is 59.6 Å². The summed E-state index contributed by atoms with van der Waals surface area (Å²) < 4.78 is 35.8. The molecule has 4 rings (SSSR count). The minimum absolute atomic E-state index is 0.0139. The van der Waals surface area contributed by atoms with Gasteiger partial charge >= 0.3 is 5.97 Å². The van der Waals surface area contributed by atoms with Gasteiger partial charge in [-0.15, -0.1) is 0 Å². The van der Waals surface area contributed by atoms with Gasteiger partial charge in [0.15, 0.2) is 0 Å². The molecular formula is C24H28N2O5S. The summed E-state index contributed by atoms with van der Waals surface area (Å²) in [5.74, 6) is -0.181. The standard InChI is InChI=1S/C24H28N2O5S/c1-16(2)31-19-8-10-20(11-9-19)32(29,30)25-13-17(3)23(15-25)26-14-18(12-24(27)28)21-6-4-5-7-22(21)26/h4-11,14,16-17,23H,12-13,15H2,1-3H3,(H,27,28)/t17-,23+/m1/s1. The third kappa shape index (κ3) is 4.25. The summed E-state index contributed by atoms with van der Waals surface area (Å²) >= 11 is 0. The van der Waals surface area contributed by atoms with Crippen molar-refractivity contribution in [2.45, 2.75) is 44.2 Å². The van der Waals surface area contributed by atoms with Crippen LogP contribution in [0.4, 0.5) is 0 Å². The molecule has 170 valence electrons. The van der Waals surface area contributed by atoms with Gasteiger partial charge in [0.25, 0.3) is 0 Å². The zero-order valence-electron chi connectivity index (χ0n) is 18.4. The van der Waals surface area contributed by atoms with Crippen molar-refractivity contribution in [1.82, 2.24) is 8.87 Å². The molecule has 8 heteroatoms. The number of rotatable bonds is 7. The van der Waals surface area contributed by atoms with Crippen LogP contribution in [-0.4, -0.2) is 47.6 Å². The molecule has 1 aliphatic heterocycles. The molecule has 0 aliphatic carbocycles. The minimum Gasteiger partial charge on any atom is -0.491 e. The van der Waals surface area contributed by atoms with Crippen molar-refractivity contribution in [2.24, 2.45) is 5.92 Å². The summed E-state index contributed by atoms with van der Waals surface area (Å²) in [7, 11) is -3.65. The molecule has 2 atom stereocenters. The molecule has 1 N–H and O–H groups in total. The smallest absolute Gasteiger partial charge is 0.307 e. The number of carboxylic acid groups (broad SMARTS) is 1. The Balaban J connectivity index is 1.62. The Labute approximate surface area is 188 Å². The highest BCUT2D eigenvalue weighted by Crippen LogP contribution is 2.36. The van der Waals surface area contributed by atoms with Gasteiger partial charge in [-0.3, -0.25) is 4.79 Å². The average Bonchev–Trinajstić information content (AvgIpc) is 3.29. The van der Waals surface area contributed by atoms with E-state index in [-0.39, 0.29) is 29.4 Å². The summed E-state index contributed by atoms with van der Waals surface area (Å²) in [5.41, 5.74) is 1.66. The Hall–Kier alpha value is -2.84. The van der Waals surface area contributed by atoms with Crippen LogP contribution in [0.2, 0.25) is 0 Å². The van der Waals surface area contributed by atoms with E-state index in [2.05, 4.69) is 0 Å². The summed E-state index contributed by atoms with van der Waals surface area (Å²) in [4.78, 5) is 11.6. The van der Waals surface area contributed by atoms with E-state index in [1.165, 1.54) is 4.31 Å². The van der Waals surface area contributed by atoms with Crippen molar-refractivity contribution in [3.63, 3.8) is 0 Å². The van der Waals surface area contributed by atoms with Gasteiger partial charge in [0, 0.05) is 30.2 Å². The Morgan fingerprint density at radius 2 is 1.81 bits per heavy atom. The average molecular weight is 457 g/mol. The molecule has 1 saturated heterocycles. The molecule has 1 fully saturated rings. The lowest BCUT2D eigenvalue weighted by Gasteiger charge is -2.19. The van der Waals surface area contributed by atoms with E-state index in [0.29, 0.717) is 18.8 Å². The molecule has 7 nitrogen and oxygen atoms in total. The Bertz CT molecular complexity index is 1230. The van der Waals surface area contributed by atoms with Gasteiger partial charge in [-0.25, -0.2) is 8.42 Å². The predicted octanol–water partition coefficient (Wildman–Crippen LogP) is 3.94. The quantitative estimate of drug-likeness (QED) is 0.582. The van der Waals surface area contributed by atoms with E-state index in [1.54, 1.807) is 24.3 Å². The molecule has 0 saturated carbocycles. The molecule has 3 aromatic rings. The maximum Gasteiger partial charge on any atom is 0.307 e. The highest BCUT2D eigenvalue weighted by atomic mass is 32.2. The predicted molar refractivity (Wildman–Crippen MR) is 122 cm³/mol. The lowest BCUT2D eigenvalue weighted by atomic mass is 10.1. The van der Waals surface area contributed by atoms with Crippen LogP contribution < -0.4 is 4.74 Å². The van der Waals surface area contributed by atoms with Crippen LogP contribution >= 0.6 is 0 Å². The molecule has 0 amide bonds. The SMILES string of the molecule is CC(C)Oc1ccc(S(=O)(=O)N2C[C@@H](C)[C@@H](n3cc(CC(=O)O)c4ccccc43)C2)cc1. The van der Waals surface area contributed by atoms with E-state index in [1.807, 2.05) is 55.8 Å². The third-order valence-corrected chi connectivity index (χ3v) is 7.74. The summed E-state index contributed by atoms with van der Waals surface area (Å²) in [5, 5.41) is 10.2. The summed E-state index contributed by atoms with van der Waals surface area (Å²) in [6, 6.07) is 14.1. The highest BCUT2D eigenvalue weighted by Gasteiger charge is 2.38. The number of para-hydroxylation sites is 1. The van der Waals surface area contributed by atoms with Crippen molar-refractivity contribution < 1.29 is 23.1 Å². The number of fused-ring (bicyclic) bond motifs is 1. The van der Waals surface area contributed by atoms with Gasteiger partial charge in [-0.05, 0) is 55.7 Å². The monoisotopic (exact) mass is 456 g/mol. The van der Waals surface area contributed by atoms with Gasteiger partial charge in [0.1, 0.15) is 5.75 Å². The fourth-order valence-electron chi connectivity index (χ4n) is 4.43. The molecular weight excluding hydrogens is 428 g/mol. The molecule has 0 bridgehead atoms. The fraction of sp³-hybridized carbons (Fsp3) is 0.375. The fourth-order valence-corrected chi connectivity index (χ4v) is 5.99. The number of aliphatic carboxylic acids is 1. The van der Waals surface area contributed by atoms with Gasteiger partial charge in [0.05, 0.1) is 23.5 Å². The van der Waals surface area contributed by atoms with Gasteiger partial charge in [-0.1, -0.05) is 25.1 Å². The van der Waals surface area contributed by atoms with Crippen LogP contribution in [-0.2, 0) is 21.2 Å². The van der Waals surface area contributed by atoms with E-state index in [9.17, 15) is 18.3 Å². The third-order valence-electron chi connectivity index (χ3n) is 5.89. The van der Waals surface area contributed by atoms with Crippen molar-refractivity contribution in [2.75, 3.05) is 13.1 Å².